The van der Waals surface area contributed by atoms with Gasteiger partial charge in [0.05, 0.1) is 17.6 Å². The molecular formula is C10H10ClN3. The van der Waals surface area contributed by atoms with Gasteiger partial charge in [-0.15, -0.1) is 0 Å². The molecule has 0 spiro atoms. The lowest BCUT2D eigenvalue weighted by Crippen LogP contribution is -1.89. The van der Waals surface area contributed by atoms with Crippen molar-refractivity contribution in [2.45, 2.75) is 6.92 Å². The van der Waals surface area contributed by atoms with E-state index in [1.807, 2.05) is 25.1 Å². The SMILES string of the molecule is Cc1cc(Cl)ccc1-c1[nH]ncc1N. The molecule has 0 atom stereocenters. The molecule has 1 aromatic carbocycles. The fourth-order valence-electron chi connectivity index (χ4n) is 1.42. The van der Waals surface area contributed by atoms with Crippen LogP contribution in [0.3, 0.4) is 0 Å². The third-order valence-electron chi connectivity index (χ3n) is 2.13. The molecule has 72 valence electrons. The Morgan fingerprint density at radius 2 is 2.21 bits per heavy atom. The fourth-order valence-corrected chi connectivity index (χ4v) is 1.65. The molecule has 1 aromatic heterocycles. The highest BCUT2D eigenvalue weighted by Crippen LogP contribution is 2.27. The minimum absolute atomic E-state index is 0.649. The predicted octanol–water partition coefficient (Wildman–Crippen LogP) is 2.62. The molecule has 2 aromatic rings. The van der Waals surface area contributed by atoms with Crippen molar-refractivity contribution < 1.29 is 0 Å². The van der Waals surface area contributed by atoms with Gasteiger partial charge in [0, 0.05) is 10.6 Å². The molecule has 3 N–H and O–H groups in total. The van der Waals surface area contributed by atoms with E-state index in [0.29, 0.717) is 5.69 Å². The maximum atomic E-state index is 5.86. The molecule has 14 heavy (non-hydrogen) atoms. The first kappa shape index (κ1) is 9.09. The van der Waals surface area contributed by atoms with Gasteiger partial charge in [0.1, 0.15) is 0 Å². The number of hydrogen-bond donors (Lipinski definition) is 2. The summed E-state index contributed by atoms with van der Waals surface area (Å²) in [5.41, 5.74) is 9.36. The summed E-state index contributed by atoms with van der Waals surface area (Å²) in [5, 5.41) is 7.47. The standard InChI is InChI=1S/C10H10ClN3/c1-6-4-7(11)2-3-8(6)10-9(12)5-13-14-10/h2-5H,12H2,1H3,(H,13,14). The lowest BCUT2D eigenvalue weighted by atomic mass is 10.1. The summed E-state index contributed by atoms with van der Waals surface area (Å²) in [6.07, 6.45) is 1.60. The molecule has 0 radical (unpaired) electrons. The van der Waals surface area contributed by atoms with Crippen molar-refractivity contribution in [2.75, 3.05) is 5.73 Å². The van der Waals surface area contributed by atoms with Gasteiger partial charge in [0.25, 0.3) is 0 Å². The molecule has 0 unspecified atom stereocenters. The van der Waals surface area contributed by atoms with E-state index in [9.17, 15) is 0 Å². The maximum absolute atomic E-state index is 5.86. The van der Waals surface area contributed by atoms with Gasteiger partial charge in [0.15, 0.2) is 0 Å². The van der Waals surface area contributed by atoms with E-state index >= 15 is 0 Å². The molecule has 0 aliphatic carbocycles. The minimum Gasteiger partial charge on any atom is -0.396 e. The van der Waals surface area contributed by atoms with Crippen LogP contribution in [0.15, 0.2) is 24.4 Å². The Bertz CT molecular complexity index is 462. The van der Waals surface area contributed by atoms with Crippen LogP contribution in [0.2, 0.25) is 5.02 Å². The molecule has 0 amide bonds. The number of hydrogen-bond acceptors (Lipinski definition) is 2. The molecule has 1 heterocycles. The lowest BCUT2D eigenvalue weighted by Gasteiger charge is -2.04. The van der Waals surface area contributed by atoms with Gasteiger partial charge < -0.3 is 5.73 Å². The van der Waals surface area contributed by atoms with Crippen LogP contribution in [0.4, 0.5) is 5.69 Å². The molecule has 4 heteroatoms. The Morgan fingerprint density at radius 1 is 1.43 bits per heavy atom. The average Bonchev–Trinajstić information content (AvgIpc) is 2.52. The van der Waals surface area contributed by atoms with Gasteiger partial charge in [-0.3, -0.25) is 5.10 Å². The number of H-pyrrole nitrogens is 1. The van der Waals surface area contributed by atoms with Crippen LogP contribution in [-0.4, -0.2) is 10.2 Å². The average molecular weight is 208 g/mol. The third-order valence-corrected chi connectivity index (χ3v) is 2.36. The zero-order valence-electron chi connectivity index (χ0n) is 7.71. The Balaban J connectivity index is 2.58. The zero-order chi connectivity index (χ0) is 10.1. The summed E-state index contributed by atoms with van der Waals surface area (Å²) >= 11 is 5.86. The highest BCUT2D eigenvalue weighted by molar-refractivity contribution is 6.30. The number of aromatic nitrogens is 2. The summed E-state index contributed by atoms with van der Waals surface area (Å²) in [5.74, 6) is 0. The van der Waals surface area contributed by atoms with Crippen LogP contribution < -0.4 is 5.73 Å². The van der Waals surface area contributed by atoms with E-state index in [1.165, 1.54) is 0 Å². The number of nitrogens with zero attached hydrogens (tertiary/aromatic N) is 1. The van der Waals surface area contributed by atoms with E-state index in [1.54, 1.807) is 6.20 Å². The summed E-state index contributed by atoms with van der Waals surface area (Å²) < 4.78 is 0. The number of aromatic amines is 1. The molecule has 0 bridgehead atoms. The molecule has 0 fully saturated rings. The van der Waals surface area contributed by atoms with Crippen molar-refractivity contribution in [1.82, 2.24) is 10.2 Å². The van der Waals surface area contributed by atoms with Crippen LogP contribution in [0, 0.1) is 6.92 Å². The van der Waals surface area contributed by atoms with Crippen LogP contribution in [0.1, 0.15) is 5.56 Å². The minimum atomic E-state index is 0.649. The molecule has 3 nitrogen and oxygen atoms in total. The number of benzene rings is 1. The Hall–Kier alpha value is -1.48. The Morgan fingerprint density at radius 3 is 2.79 bits per heavy atom. The molecular weight excluding hydrogens is 198 g/mol. The largest absolute Gasteiger partial charge is 0.396 e. The highest BCUT2D eigenvalue weighted by atomic mass is 35.5. The van der Waals surface area contributed by atoms with Gasteiger partial charge >= 0.3 is 0 Å². The van der Waals surface area contributed by atoms with Gasteiger partial charge in [-0.05, 0) is 24.6 Å². The number of aryl methyl sites for hydroxylation is 1. The second-order valence-corrected chi connectivity index (χ2v) is 3.60. The number of anilines is 1. The number of nitrogens with two attached hydrogens (primary N) is 1. The topological polar surface area (TPSA) is 54.7 Å². The van der Waals surface area contributed by atoms with Crippen molar-refractivity contribution in [1.29, 1.82) is 0 Å². The predicted molar refractivity (Wildman–Crippen MR) is 58.2 cm³/mol. The zero-order valence-corrected chi connectivity index (χ0v) is 8.47. The van der Waals surface area contributed by atoms with Crippen molar-refractivity contribution >= 4 is 17.3 Å². The number of rotatable bonds is 1. The first-order valence-electron chi connectivity index (χ1n) is 4.24. The van der Waals surface area contributed by atoms with Crippen molar-refractivity contribution in [2.24, 2.45) is 0 Å². The number of nitrogens with one attached hydrogen (secondary N) is 1. The van der Waals surface area contributed by atoms with Gasteiger partial charge in [0.2, 0.25) is 0 Å². The second kappa shape index (κ2) is 3.35. The maximum Gasteiger partial charge on any atom is 0.0882 e. The van der Waals surface area contributed by atoms with Crippen molar-refractivity contribution in [3.63, 3.8) is 0 Å². The third kappa shape index (κ3) is 1.46. The monoisotopic (exact) mass is 207 g/mol. The van der Waals surface area contributed by atoms with E-state index in [-0.39, 0.29) is 0 Å². The van der Waals surface area contributed by atoms with Crippen LogP contribution in [-0.2, 0) is 0 Å². The van der Waals surface area contributed by atoms with Gasteiger partial charge in [-0.2, -0.15) is 5.10 Å². The quantitative estimate of drug-likeness (QED) is 0.755. The molecule has 2 rings (SSSR count). The highest BCUT2D eigenvalue weighted by Gasteiger charge is 2.07. The van der Waals surface area contributed by atoms with Crippen molar-refractivity contribution in [3.8, 4) is 11.3 Å². The fraction of sp³-hybridized carbons (Fsp3) is 0.100. The van der Waals surface area contributed by atoms with E-state index < -0.39 is 0 Å². The van der Waals surface area contributed by atoms with Gasteiger partial charge in [-0.1, -0.05) is 17.7 Å². The second-order valence-electron chi connectivity index (χ2n) is 3.16. The van der Waals surface area contributed by atoms with Crippen LogP contribution in [0.5, 0.6) is 0 Å². The molecule has 0 aliphatic rings. The van der Waals surface area contributed by atoms with Crippen molar-refractivity contribution in [3.05, 3.63) is 35.0 Å². The normalized spacial score (nSPS) is 10.4. The molecule has 0 saturated heterocycles. The first-order chi connectivity index (χ1) is 6.68. The van der Waals surface area contributed by atoms with E-state index in [2.05, 4.69) is 10.2 Å². The summed E-state index contributed by atoms with van der Waals surface area (Å²) in [7, 11) is 0. The van der Waals surface area contributed by atoms with E-state index in [4.69, 9.17) is 17.3 Å². The van der Waals surface area contributed by atoms with Crippen LogP contribution in [0.25, 0.3) is 11.3 Å². The summed E-state index contributed by atoms with van der Waals surface area (Å²) in [6, 6.07) is 5.67. The number of nitrogen functional groups attached to an aromatic ring is 1. The molecule has 0 aliphatic heterocycles. The Kier molecular flexibility index (Phi) is 2.17. The van der Waals surface area contributed by atoms with Crippen LogP contribution >= 0.6 is 11.6 Å². The first-order valence-corrected chi connectivity index (χ1v) is 4.61. The lowest BCUT2D eigenvalue weighted by molar-refractivity contribution is 1.09. The summed E-state index contributed by atoms with van der Waals surface area (Å²) in [6.45, 7) is 1.99. The molecule has 0 saturated carbocycles. The summed E-state index contributed by atoms with van der Waals surface area (Å²) in [4.78, 5) is 0. The smallest absolute Gasteiger partial charge is 0.0882 e. The Labute approximate surface area is 86.9 Å². The van der Waals surface area contributed by atoms with Gasteiger partial charge in [-0.25, -0.2) is 0 Å². The van der Waals surface area contributed by atoms with E-state index in [0.717, 1.165) is 21.8 Å². The number of halogens is 1.